The molecule has 0 aromatic carbocycles. The van der Waals surface area contributed by atoms with Gasteiger partial charge in [-0.25, -0.2) is 4.57 Å². The Balaban J connectivity index is 2.42. The van der Waals surface area contributed by atoms with Crippen LogP contribution in [-0.4, -0.2) is 96.8 Å². The second-order valence-corrected chi connectivity index (χ2v) is 17.3. The lowest BCUT2D eigenvalue weighted by molar-refractivity contribution is -0.220. The van der Waals surface area contributed by atoms with Crippen LogP contribution in [0.2, 0.25) is 0 Å². The highest BCUT2D eigenvalue weighted by atomic mass is 31.2. The zero-order valence-corrected chi connectivity index (χ0v) is 34.9. The van der Waals surface area contributed by atoms with Crippen LogP contribution < -0.4 is 5.32 Å². The van der Waals surface area contributed by atoms with Crippen LogP contribution in [-0.2, 0) is 18.4 Å². The summed E-state index contributed by atoms with van der Waals surface area (Å²) in [5.41, 5.74) is 0. The molecule has 54 heavy (non-hydrogen) atoms. The van der Waals surface area contributed by atoms with Gasteiger partial charge in [-0.1, -0.05) is 181 Å². The molecular formula is C41H82NO11P. The van der Waals surface area contributed by atoms with Crippen LogP contribution in [0, 0.1) is 0 Å². The summed E-state index contributed by atoms with van der Waals surface area (Å²) in [7, 11) is -5.04. The van der Waals surface area contributed by atoms with Crippen LogP contribution in [0.3, 0.4) is 0 Å². The zero-order valence-electron chi connectivity index (χ0n) is 34.0. The van der Waals surface area contributed by atoms with Gasteiger partial charge >= 0.3 is 7.82 Å². The van der Waals surface area contributed by atoms with Crippen molar-refractivity contribution in [1.82, 2.24) is 5.32 Å². The zero-order chi connectivity index (χ0) is 40.0. The summed E-state index contributed by atoms with van der Waals surface area (Å²) in [6.07, 6.45) is 20.1. The quantitative estimate of drug-likeness (QED) is 0.0230. The highest BCUT2D eigenvalue weighted by Gasteiger charge is 2.51. The van der Waals surface area contributed by atoms with Crippen LogP contribution >= 0.6 is 7.82 Å². The van der Waals surface area contributed by atoms with Crippen LogP contribution in [0.1, 0.15) is 200 Å². The number of unbranched alkanes of at least 4 members (excludes halogenated alkanes) is 25. The van der Waals surface area contributed by atoms with E-state index in [9.17, 15) is 44.9 Å². The fourth-order valence-corrected chi connectivity index (χ4v) is 8.23. The molecule has 1 fully saturated rings. The first kappa shape index (κ1) is 51.4. The van der Waals surface area contributed by atoms with E-state index >= 15 is 0 Å². The molecule has 0 bridgehead atoms. The van der Waals surface area contributed by atoms with Crippen LogP contribution in [0.4, 0.5) is 0 Å². The van der Waals surface area contributed by atoms with Crippen LogP contribution in [0.25, 0.3) is 0 Å². The highest BCUT2D eigenvalue weighted by molar-refractivity contribution is 7.47. The molecule has 1 rings (SSSR count). The molecule has 8 N–H and O–H groups in total. The van der Waals surface area contributed by atoms with E-state index in [0.29, 0.717) is 19.3 Å². The second kappa shape index (κ2) is 32.3. The Labute approximate surface area is 327 Å². The summed E-state index contributed by atoms with van der Waals surface area (Å²) >= 11 is 0. The van der Waals surface area contributed by atoms with Gasteiger partial charge in [0.15, 0.2) is 0 Å². The number of phosphoric acid groups is 1. The number of phosphoric ester groups is 1. The molecular weight excluding hydrogens is 713 g/mol. The van der Waals surface area contributed by atoms with Crippen molar-refractivity contribution in [3.63, 3.8) is 0 Å². The molecule has 0 heterocycles. The molecule has 1 saturated carbocycles. The standard InChI is InChI=1S/C41H82NO11P/c1-3-5-7-9-11-13-14-15-16-17-18-19-20-21-23-25-27-29-31-35(44)42-33(34(43)30-28-26-24-22-12-10-8-6-4-2)32-52-54(50,51)53-41-39(48)37(46)36(45)38(47)40(41)49/h33-34,36-41,43,45-49H,3-32H2,1-2H3,(H,42,44)(H,50,51)/t33-,34+,36?,37+,38?,39?,40?,41?/m0/s1. The lowest BCUT2D eigenvalue weighted by atomic mass is 9.85. The number of hydrogen-bond acceptors (Lipinski definition) is 10. The van der Waals surface area contributed by atoms with Crippen molar-refractivity contribution in [3.8, 4) is 0 Å². The van der Waals surface area contributed by atoms with Gasteiger partial charge in [-0.3, -0.25) is 13.8 Å². The van der Waals surface area contributed by atoms with E-state index in [1.807, 2.05) is 0 Å². The predicted octanol–water partition coefficient (Wildman–Crippen LogP) is 7.51. The Hall–Kier alpha value is -0.660. The van der Waals surface area contributed by atoms with E-state index in [1.54, 1.807) is 0 Å². The van der Waals surface area contributed by atoms with Gasteiger partial charge in [-0.05, 0) is 12.8 Å². The Kier molecular flexibility index (Phi) is 30.7. The summed E-state index contributed by atoms with van der Waals surface area (Å²) in [5, 5.41) is 63.9. The normalized spacial score (nSPS) is 23.9. The molecule has 0 spiro atoms. The van der Waals surface area contributed by atoms with E-state index in [4.69, 9.17) is 9.05 Å². The lowest BCUT2D eigenvalue weighted by Gasteiger charge is -2.41. The van der Waals surface area contributed by atoms with Crippen molar-refractivity contribution >= 4 is 13.7 Å². The molecule has 9 atom stereocenters. The fraction of sp³-hybridized carbons (Fsp3) is 0.976. The molecule has 0 aromatic rings. The van der Waals surface area contributed by atoms with Gasteiger partial charge in [-0.2, -0.15) is 0 Å². The summed E-state index contributed by atoms with van der Waals surface area (Å²) in [4.78, 5) is 23.3. The van der Waals surface area contributed by atoms with E-state index in [1.165, 1.54) is 122 Å². The topological polar surface area (TPSA) is 206 Å². The summed E-state index contributed by atoms with van der Waals surface area (Å²) in [6, 6.07) is -1.02. The number of hydrogen-bond donors (Lipinski definition) is 8. The first-order valence-electron chi connectivity index (χ1n) is 22.0. The van der Waals surface area contributed by atoms with Crippen LogP contribution in [0.15, 0.2) is 0 Å². The molecule has 0 aliphatic heterocycles. The Bertz CT molecular complexity index is 931. The summed E-state index contributed by atoms with van der Waals surface area (Å²) in [6.45, 7) is 3.85. The van der Waals surface area contributed by atoms with Crippen molar-refractivity contribution in [2.75, 3.05) is 6.61 Å². The molecule has 1 aliphatic carbocycles. The molecule has 0 radical (unpaired) electrons. The minimum atomic E-state index is -5.04. The Morgan fingerprint density at radius 1 is 0.556 bits per heavy atom. The number of aliphatic hydroxyl groups excluding tert-OH is 6. The smallest absolute Gasteiger partial charge is 0.391 e. The van der Waals surface area contributed by atoms with Crippen molar-refractivity contribution in [2.24, 2.45) is 0 Å². The molecule has 1 amide bonds. The number of amides is 1. The largest absolute Gasteiger partial charge is 0.472 e. The minimum absolute atomic E-state index is 0.242. The number of aliphatic hydroxyl groups is 6. The molecule has 1 aliphatic rings. The van der Waals surface area contributed by atoms with Gasteiger partial charge in [-0.15, -0.1) is 0 Å². The van der Waals surface area contributed by atoms with Gasteiger partial charge in [0.1, 0.15) is 36.6 Å². The first-order valence-corrected chi connectivity index (χ1v) is 23.5. The SMILES string of the molecule is CCCCCCCCCCCCCCCCCCCCC(=O)N[C@@H](COP(=O)(O)OC1C(O)C(O)C(O)[C@@H](O)C1O)[C@H](O)CCCCCCCCCCC. The fourth-order valence-electron chi connectivity index (χ4n) is 7.26. The average molecular weight is 796 g/mol. The Morgan fingerprint density at radius 2 is 0.889 bits per heavy atom. The summed E-state index contributed by atoms with van der Waals surface area (Å²) in [5.74, 6) is -0.307. The third-order valence-corrected chi connectivity index (χ3v) is 11.9. The predicted molar refractivity (Wildman–Crippen MR) is 214 cm³/mol. The van der Waals surface area contributed by atoms with E-state index in [2.05, 4.69) is 19.2 Å². The van der Waals surface area contributed by atoms with Crippen molar-refractivity contribution in [2.45, 2.75) is 249 Å². The van der Waals surface area contributed by atoms with Crippen molar-refractivity contribution < 1.29 is 53.9 Å². The molecule has 0 aromatic heterocycles. The van der Waals surface area contributed by atoms with Gasteiger partial charge < -0.3 is 40.8 Å². The number of rotatable bonds is 36. The van der Waals surface area contributed by atoms with Crippen molar-refractivity contribution in [3.05, 3.63) is 0 Å². The minimum Gasteiger partial charge on any atom is -0.391 e. The maximum absolute atomic E-state index is 12.9. The molecule has 0 saturated heterocycles. The van der Waals surface area contributed by atoms with Crippen molar-refractivity contribution in [1.29, 1.82) is 0 Å². The van der Waals surface area contributed by atoms with Gasteiger partial charge in [0.25, 0.3) is 0 Å². The number of carbonyl (C=O) groups is 1. The monoisotopic (exact) mass is 796 g/mol. The van der Waals surface area contributed by atoms with Gasteiger partial charge in [0, 0.05) is 6.42 Å². The van der Waals surface area contributed by atoms with E-state index in [0.717, 1.165) is 38.5 Å². The number of carbonyl (C=O) groups excluding carboxylic acids is 1. The van der Waals surface area contributed by atoms with Gasteiger partial charge in [0.05, 0.1) is 18.8 Å². The lowest BCUT2D eigenvalue weighted by Crippen LogP contribution is -2.64. The molecule has 6 unspecified atom stereocenters. The van der Waals surface area contributed by atoms with Gasteiger partial charge in [0.2, 0.25) is 5.91 Å². The highest BCUT2D eigenvalue weighted by Crippen LogP contribution is 2.47. The second-order valence-electron chi connectivity index (χ2n) is 15.9. The third kappa shape index (κ3) is 24.2. The van der Waals surface area contributed by atoms with E-state index < -0.39 is 63.2 Å². The average Bonchev–Trinajstić information content (AvgIpc) is 3.15. The molecule has 12 nitrogen and oxygen atoms in total. The maximum Gasteiger partial charge on any atom is 0.472 e. The Morgan fingerprint density at radius 3 is 1.28 bits per heavy atom. The molecule has 322 valence electrons. The molecule has 13 heteroatoms. The number of nitrogens with one attached hydrogen (secondary N) is 1. The first-order chi connectivity index (χ1) is 25.9. The van der Waals surface area contributed by atoms with E-state index in [-0.39, 0.29) is 12.3 Å². The summed E-state index contributed by atoms with van der Waals surface area (Å²) < 4.78 is 22.9. The third-order valence-electron chi connectivity index (χ3n) is 10.9. The van der Waals surface area contributed by atoms with Crippen LogP contribution in [0.5, 0.6) is 0 Å². The maximum atomic E-state index is 12.9.